The van der Waals surface area contributed by atoms with E-state index >= 15 is 0 Å². The van der Waals surface area contributed by atoms with Crippen molar-refractivity contribution in [1.82, 2.24) is 24.9 Å². The maximum absolute atomic E-state index is 12.1. The Kier molecular flexibility index (Phi) is 4.38. The number of carbonyl (C=O) groups excluding carboxylic acids is 1. The van der Waals surface area contributed by atoms with Crippen LogP contribution in [0, 0.1) is 20.8 Å². The molecular formula is C16H19N5OS. The van der Waals surface area contributed by atoms with Crippen molar-refractivity contribution in [2.45, 2.75) is 33.6 Å². The van der Waals surface area contributed by atoms with Crippen molar-refractivity contribution in [2.24, 2.45) is 0 Å². The molecule has 3 aromatic rings. The Balaban J connectivity index is 1.52. The van der Waals surface area contributed by atoms with Gasteiger partial charge in [-0.25, -0.2) is 14.5 Å². The van der Waals surface area contributed by atoms with E-state index in [-0.39, 0.29) is 5.91 Å². The van der Waals surface area contributed by atoms with Gasteiger partial charge in [-0.2, -0.15) is 5.10 Å². The predicted molar refractivity (Wildman–Crippen MR) is 90.0 cm³/mol. The predicted octanol–water partition coefficient (Wildman–Crippen LogP) is 2.47. The van der Waals surface area contributed by atoms with Crippen molar-refractivity contribution in [2.75, 3.05) is 6.54 Å². The quantitative estimate of drug-likeness (QED) is 0.730. The Morgan fingerprint density at radius 2 is 2.17 bits per heavy atom. The minimum atomic E-state index is -0.0376. The Hall–Kier alpha value is -2.28. The summed E-state index contributed by atoms with van der Waals surface area (Å²) in [6, 6.07) is 1.95. The molecule has 1 N–H and O–H groups in total. The average Bonchev–Trinajstić information content (AvgIpc) is 3.03. The van der Waals surface area contributed by atoms with Crippen LogP contribution in [0.15, 0.2) is 18.5 Å². The van der Waals surface area contributed by atoms with Crippen LogP contribution in [0.4, 0.5) is 0 Å². The van der Waals surface area contributed by atoms with E-state index in [0.29, 0.717) is 11.4 Å². The number of amides is 1. The molecule has 0 aliphatic heterocycles. The van der Waals surface area contributed by atoms with Gasteiger partial charge in [-0.05, 0) is 39.2 Å². The van der Waals surface area contributed by atoms with Crippen molar-refractivity contribution in [1.29, 1.82) is 0 Å². The van der Waals surface area contributed by atoms with Gasteiger partial charge >= 0.3 is 0 Å². The number of nitrogens with one attached hydrogen (secondary N) is 1. The van der Waals surface area contributed by atoms with Crippen LogP contribution in [-0.4, -0.2) is 32.0 Å². The van der Waals surface area contributed by atoms with E-state index in [1.54, 1.807) is 4.52 Å². The smallest absolute Gasteiger partial charge is 0.263 e. The topological polar surface area (TPSA) is 72.2 Å². The van der Waals surface area contributed by atoms with Gasteiger partial charge in [-0.3, -0.25) is 4.79 Å². The molecule has 0 saturated carbocycles. The molecule has 0 atom stereocenters. The molecule has 3 heterocycles. The molecule has 0 aliphatic rings. The van der Waals surface area contributed by atoms with Gasteiger partial charge in [0.1, 0.15) is 4.88 Å². The first-order chi connectivity index (χ1) is 11.0. The maximum atomic E-state index is 12.1. The van der Waals surface area contributed by atoms with Crippen molar-refractivity contribution in [3.05, 3.63) is 45.3 Å². The minimum absolute atomic E-state index is 0.0376. The lowest BCUT2D eigenvalue weighted by Crippen LogP contribution is -2.24. The van der Waals surface area contributed by atoms with Gasteiger partial charge in [-0.15, -0.1) is 11.3 Å². The van der Waals surface area contributed by atoms with Crippen molar-refractivity contribution >= 4 is 22.9 Å². The first kappa shape index (κ1) is 15.6. The largest absolute Gasteiger partial charge is 0.351 e. The highest BCUT2D eigenvalue weighted by atomic mass is 32.1. The molecule has 0 saturated heterocycles. The molecule has 3 rings (SSSR count). The number of hydrogen-bond acceptors (Lipinski definition) is 5. The number of aromatic nitrogens is 4. The second-order valence-electron chi connectivity index (χ2n) is 5.56. The molecular weight excluding hydrogens is 310 g/mol. The third-order valence-electron chi connectivity index (χ3n) is 3.53. The van der Waals surface area contributed by atoms with E-state index in [2.05, 4.69) is 20.4 Å². The zero-order valence-electron chi connectivity index (χ0n) is 13.5. The number of rotatable bonds is 5. The third kappa shape index (κ3) is 3.56. The molecule has 6 nitrogen and oxygen atoms in total. The molecule has 0 aliphatic carbocycles. The molecule has 23 heavy (non-hydrogen) atoms. The summed E-state index contributed by atoms with van der Waals surface area (Å²) in [7, 11) is 0. The number of fused-ring (bicyclic) bond motifs is 1. The molecule has 0 radical (unpaired) electrons. The molecule has 0 fully saturated rings. The Bertz CT molecular complexity index is 851. The molecule has 0 unspecified atom stereocenters. The highest BCUT2D eigenvalue weighted by Gasteiger charge is 2.12. The first-order valence-electron chi connectivity index (χ1n) is 7.56. The minimum Gasteiger partial charge on any atom is -0.351 e. The van der Waals surface area contributed by atoms with Gasteiger partial charge in [0.05, 0.1) is 16.4 Å². The zero-order valence-corrected chi connectivity index (χ0v) is 14.3. The summed E-state index contributed by atoms with van der Waals surface area (Å²) < 4.78 is 1.80. The highest BCUT2D eigenvalue weighted by Crippen LogP contribution is 2.16. The summed E-state index contributed by atoms with van der Waals surface area (Å²) in [6.07, 6.45) is 5.57. The standard InChI is InChI=1S/C16H19N5OS/c1-10-7-14-18-8-13(9-21(14)20-10)5-4-6-17-16(22)15-11(2)19-12(3)23-15/h7-9H,4-6H2,1-3H3,(H,17,22). The lowest BCUT2D eigenvalue weighted by atomic mass is 10.2. The van der Waals surface area contributed by atoms with Crippen LogP contribution in [0.3, 0.4) is 0 Å². The fourth-order valence-corrected chi connectivity index (χ4v) is 3.32. The Morgan fingerprint density at radius 1 is 1.35 bits per heavy atom. The molecule has 3 aromatic heterocycles. The van der Waals surface area contributed by atoms with Crippen molar-refractivity contribution < 1.29 is 4.79 Å². The number of aryl methyl sites for hydroxylation is 4. The number of hydrogen-bond donors (Lipinski definition) is 1. The lowest BCUT2D eigenvalue weighted by molar-refractivity contribution is 0.0956. The van der Waals surface area contributed by atoms with E-state index in [1.807, 2.05) is 39.2 Å². The van der Waals surface area contributed by atoms with Crippen molar-refractivity contribution in [3.63, 3.8) is 0 Å². The number of thiazole rings is 1. The van der Waals surface area contributed by atoms with E-state index in [9.17, 15) is 4.79 Å². The summed E-state index contributed by atoms with van der Waals surface area (Å²) in [5, 5.41) is 8.23. The van der Waals surface area contributed by atoms with Crippen LogP contribution in [0.5, 0.6) is 0 Å². The van der Waals surface area contributed by atoms with Crippen LogP contribution >= 0.6 is 11.3 Å². The molecule has 1 amide bonds. The summed E-state index contributed by atoms with van der Waals surface area (Å²) in [5.41, 5.74) is 3.72. The first-order valence-corrected chi connectivity index (χ1v) is 8.38. The second kappa shape index (κ2) is 6.45. The van der Waals surface area contributed by atoms with Crippen molar-refractivity contribution in [3.8, 4) is 0 Å². The third-order valence-corrected chi connectivity index (χ3v) is 4.60. The van der Waals surface area contributed by atoms with Crippen LogP contribution < -0.4 is 5.32 Å². The Morgan fingerprint density at radius 3 is 2.91 bits per heavy atom. The number of nitrogens with zero attached hydrogens (tertiary/aromatic N) is 4. The van der Waals surface area contributed by atoms with Crippen LogP contribution in [0.2, 0.25) is 0 Å². The van der Waals surface area contributed by atoms with Gasteiger partial charge < -0.3 is 5.32 Å². The van der Waals surface area contributed by atoms with Crippen LogP contribution in [0.25, 0.3) is 5.65 Å². The molecule has 0 bridgehead atoms. The molecule has 0 aromatic carbocycles. The van der Waals surface area contributed by atoms with Gasteiger partial charge in [-0.1, -0.05) is 0 Å². The van der Waals surface area contributed by atoms with Crippen LogP contribution in [0.1, 0.15) is 38.1 Å². The second-order valence-corrected chi connectivity index (χ2v) is 6.76. The van der Waals surface area contributed by atoms with E-state index in [1.165, 1.54) is 11.3 Å². The van der Waals surface area contributed by atoms with Crippen LogP contribution in [-0.2, 0) is 6.42 Å². The highest BCUT2D eigenvalue weighted by molar-refractivity contribution is 7.13. The Labute approximate surface area is 138 Å². The summed E-state index contributed by atoms with van der Waals surface area (Å²) in [5.74, 6) is -0.0376. The van der Waals surface area contributed by atoms with Gasteiger partial charge in [0.15, 0.2) is 5.65 Å². The monoisotopic (exact) mass is 329 g/mol. The number of carbonyl (C=O) groups is 1. The van der Waals surface area contributed by atoms with Gasteiger partial charge in [0.2, 0.25) is 0 Å². The normalized spacial score (nSPS) is 11.1. The van der Waals surface area contributed by atoms with E-state index in [0.717, 1.165) is 40.4 Å². The van der Waals surface area contributed by atoms with Gasteiger partial charge in [0.25, 0.3) is 5.91 Å². The fourth-order valence-electron chi connectivity index (χ4n) is 2.48. The summed E-state index contributed by atoms with van der Waals surface area (Å²) in [4.78, 5) is 21.5. The summed E-state index contributed by atoms with van der Waals surface area (Å²) >= 11 is 1.44. The van der Waals surface area contributed by atoms with Gasteiger partial charge in [0, 0.05) is 25.0 Å². The lowest BCUT2D eigenvalue weighted by Gasteiger charge is -2.04. The van der Waals surface area contributed by atoms with E-state index in [4.69, 9.17) is 0 Å². The fraction of sp³-hybridized carbons (Fsp3) is 0.375. The maximum Gasteiger partial charge on any atom is 0.263 e. The molecule has 0 spiro atoms. The molecule has 7 heteroatoms. The zero-order chi connectivity index (χ0) is 16.4. The summed E-state index contributed by atoms with van der Waals surface area (Å²) in [6.45, 7) is 6.36. The molecule has 120 valence electrons. The van der Waals surface area contributed by atoms with E-state index < -0.39 is 0 Å². The SMILES string of the molecule is Cc1cc2ncc(CCCNC(=O)c3sc(C)nc3C)cn2n1. The average molecular weight is 329 g/mol.